The molecule has 10 heteroatoms. The first-order valence-electron chi connectivity index (χ1n) is 15.6. The van der Waals surface area contributed by atoms with Crippen molar-refractivity contribution in [2.45, 2.75) is 24.9 Å². The Balaban J connectivity index is 0.988. The van der Waals surface area contributed by atoms with E-state index in [1.165, 1.54) is 0 Å². The smallest absolute Gasteiger partial charge is 0.251 e. The maximum atomic E-state index is 13.0. The van der Waals surface area contributed by atoms with Gasteiger partial charge >= 0.3 is 0 Å². The lowest BCUT2D eigenvalue weighted by molar-refractivity contribution is -0.135. The second-order valence-electron chi connectivity index (χ2n) is 11.4. The first-order chi connectivity index (χ1) is 23.4. The van der Waals surface area contributed by atoms with Gasteiger partial charge in [0.05, 0.1) is 12.8 Å². The molecule has 0 fully saturated rings. The summed E-state index contributed by atoms with van der Waals surface area (Å²) in [6.07, 6.45) is 14.6. The molecule has 2 aromatic heterocycles. The van der Waals surface area contributed by atoms with Crippen LogP contribution in [0.15, 0.2) is 122 Å². The monoisotopic (exact) mass is 638 g/mol. The summed E-state index contributed by atoms with van der Waals surface area (Å²) in [5.41, 5.74) is 4.45. The average Bonchev–Trinajstić information content (AvgIpc) is 3.81. The molecule has 2 N–H and O–H groups in total. The average molecular weight is 639 g/mol. The molecule has 2 aliphatic heterocycles. The van der Waals surface area contributed by atoms with Gasteiger partial charge in [0, 0.05) is 48.2 Å². The van der Waals surface area contributed by atoms with Crippen molar-refractivity contribution in [1.29, 1.82) is 0 Å². The zero-order valence-corrected chi connectivity index (χ0v) is 26.1. The van der Waals surface area contributed by atoms with Crippen molar-refractivity contribution in [2.24, 2.45) is 0 Å². The van der Waals surface area contributed by atoms with E-state index in [-0.39, 0.29) is 36.5 Å². The van der Waals surface area contributed by atoms with Crippen molar-refractivity contribution >= 4 is 47.2 Å². The zero-order chi connectivity index (χ0) is 33.3. The lowest BCUT2D eigenvalue weighted by Crippen LogP contribution is -2.44. The Labute approximate surface area is 278 Å². The van der Waals surface area contributed by atoms with Gasteiger partial charge in [0.25, 0.3) is 11.8 Å². The molecular weight excluding hydrogens is 604 g/mol. The van der Waals surface area contributed by atoms with Crippen LogP contribution in [0.4, 0.5) is 11.4 Å². The number of anilines is 2. The van der Waals surface area contributed by atoms with Gasteiger partial charge in [-0.1, -0.05) is 72.9 Å². The van der Waals surface area contributed by atoms with Crippen LogP contribution in [0.25, 0.3) is 12.2 Å². The van der Waals surface area contributed by atoms with E-state index in [0.29, 0.717) is 35.9 Å². The van der Waals surface area contributed by atoms with E-state index in [2.05, 4.69) is 20.6 Å². The van der Waals surface area contributed by atoms with Crippen molar-refractivity contribution in [3.8, 4) is 0 Å². The molecule has 0 radical (unpaired) electrons. The van der Waals surface area contributed by atoms with Crippen molar-refractivity contribution < 1.29 is 19.2 Å². The number of hydrogen-bond acceptors (Lipinski definition) is 6. The molecule has 48 heavy (non-hydrogen) atoms. The van der Waals surface area contributed by atoms with Crippen LogP contribution in [0.1, 0.15) is 22.5 Å². The van der Waals surface area contributed by atoms with Crippen molar-refractivity contribution in [2.75, 3.05) is 23.7 Å². The molecule has 10 nitrogen and oxygen atoms in total. The number of carbonyl (C=O) groups excluding carboxylic acids is 4. The number of pyridine rings is 2. The molecule has 0 aliphatic carbocycles. The third-order valence-corrected chi connectivity index (χ3v) is 8.03. The third-order valence-electron chi connectivity index (χ3n) is 8.03. The van der Waals surface area contributed by atoms with Gasteiger partial charge in [0.15, 0.2) is 0 Å². The minimum absolute atomic E-state index is 0.136. The fourth-order valence-electron chi connectivity index (χ4n) is 5.51. The standard InChI is InChI=1S/C38H34N6O4/c45-35(25-31-7-1-3-21-39-31)43-23-5-9-33(43)37(47)41-29-17-13-27(14-18-29)11-12-28-15-19-30(20-16-28)42-38(48)34-10-6-24-44(34)36(46)26-32-8-2-4-22-40-32/h1-22,33-34H,23-26H2,(H,41,47)(H,42,48)/b12-11+/t33-,34-/m0/s1. The van der Waals surface area contributed by atoms with Gasteiger partial charge in [-0.3, -0.25) is 29.1 Å². The number of hydrogen-bond donors (Lipinski definition) is 2. The first kappa shape index (κ1) is 31.8. The summed E-state index contributed by atoms with van der Waals surface area (Å²) in [5.74, 6) is -0.865. The van der Waals surface area contributed by atoms with Crippen LogP contribution in [-0.4, -0.2) is 68.6 Å². The quantitative estimate of drug-likeness (QED) is 0.194. The number of benzene rings is 2. The molecule has 0 saturated carbocycles. The molecule has 0 saturated heterocycles. The van der Waals surface area contributed by atoms with Gasteiger partial charge < -0.3 is 20.4 Å². The summed E-state index contributed by atoms with van der Waals surface area (Å²) < 4.78 is 0. The zero-order valence-electron chi connectivity index (χ0n) is 26.1. The minimum atomic E-state index is -0.679. The minimum Gasteiger partial charge on any atom is -0.324 e. The molecule has 2 aromatic carbocycles. The van der Waals surface area contributed by atoms with Gasteiger partial charge in [0.2, 0.25) is 11.8 Å². The molecule has 6 rings (SSSR count). The van der Waals surface area contributed by atoms with Gasteiger partial charge in [-0.05, 0) is 59.7 Å². The molecule has 2 atom stereocenters. The highest BCUT2D eigenvalue weighted by atomic mass is 16.2. The second kappa shape index (κ2) is 15.0. The maximum Gasteiger partial charge on any atom is 0.251 e. The van der Waals surface area contributed by atoms with E-state index in [1.54, 1.807) is 58.6 Å². The van der Waals surface area contributed by atoms with Crippen LogP contribution in [0.3, 0.4) is 0 Å². The molecular formula is C38H34N6O4. The van der Waals surface area contributed by atoms with Crippen LogP contribution < -0.4 is 10.6 Å². The summed E-state index contributed by atoms with van der Waals surface area (Å²) in [4.78, 5) is 63.3. The van der Waals surface area contributed by atoms with E-state index in [0.717, 1.165) is 11.1 Å². The van der Waals surface area contributed by atoms with Crippen molar-refractivity contribution in [3.05, 3.63) is 144 Å². The summed E-state index contributed by atoms with van der Waals surface area (Å²) in [7, 11) is 0. The third kappa shape index (κ3) is 7.97. The number of nitrogens with zero attached hydrogens (tertiary/aromatic N) is 4. The maximum absolute atomic E-state index is 13.0. The Morgan fingerprint density at radius 2 is 1.02 bits per heavy atom. The summed E-state index contributed by atoms with van der Waals surface area (Å²) in [6, 6.07) is 24.3. The van der Waals surface area contributed by atoms with Gasteiger partial charge in [0.1, 0.15) is 12.1 Å². The Morgan fingerprint density at radius 3 is 1.40 bits per heavy atom. The SMILES string of the molecule is O=C(Nc1ccc(/C=C/c2ccc(NC(=O)[C@@H]3C=CCN3C(=O)Cc3ccccn3)cc2)cc1)[C@@H]1C=CCN1C(=O)Cc1ccccn1. The van der Waals surface area contributed by atoms with Crippen molar-refractivity contribution in [3.63, 3.8) is 0 Å². The number of aromatic nitrogens is 2. The van der Waals surface area contributed by atoms with E-state index in [4.69, 9.17) is 0 Å². The molecule has 4 aromatic rings. The summed E-state index contributed by atoms with van der Waals surface area (Å²) in [6.45, 7) is 0.761. The summed E-state index contributed by atoms with van der Waals surface area (Å²) in [5, 5.41) is 5.82. The topological polar surface area (TPSA) is 125 Å². The number of rotatable bonds is 10. The predicted octanol–water partition coefficient (Wildman–Crippen LogP) is 4.54. The molecule has 240 valence electrons. The predicted molar refractivity (Wildman–Crippen MR) is 184 cm³/mol. The number of amides is 4. The largest absolute Gasteiger partial charge is 0.324 e. The fourth-order valence-corrected chi connectivity index (χ4v) is 5.51. The normalized spacial score (nSPS) is 16.8. The van der Waals surface area contributed by atoms with E-state index in [9.17, 15) is 19.2 Å². The Morgan fingerprint density at radius 1 is 0.604 bits per heavy atom. The molecule has 0 spiro atoms. The molecule has 0 unspecified atom stereocenters. The van der Waals surface area contributed by atoms with E-state index < -0.39 is 12.1 Å². The fraction of sp³-hybridized carbons (Fsp3) is 0.158. The Bertz CT molecular complexity index is 1720. The second-order valence-corrected chi connectivity index (χ2v) is 11.4. The highest BCUT2D eigenvalue weighted by molar-refractivity contribution is 6.00. The van der Waals surface area contributed by atoms with Crippen LogP contribution in [0.2, 0.25) is 0 Å². The van der Waals surface area contributed by atoms with Gasteiger partial charge in [-0.2, -0.15) is 0 Å². The van der Waals surface area contributed by atoms with Gasteiger partial charge in [-0.25, -0.2) is 0 Å². The Kier molecular flexibility index (Phi) is 9.91. The first-order valence-corrected chi connectivity index (χ1v) is 15.6. The highest BCUT2D eigenvalue weighted by Gasteiger charge is 2.31. The van der Waals surface area contributed by atoms with Crippen LogP contribution in [0.5, 0.6) is 0 Å². The number of carbonyl (C=O) groups is 4. The van der Waals surface area contributed by atoms with Crippen LogP contribution >= 0.6 is 0 Å². The number of nitrogens with one attached hydrogen (secondary N) is 2. The van der Waals surface area contributed by atoms with Crippen molar-refractivity contribution in [1.82, 2.24) is 19.8 Å². The molecule has 0 bridgehead atoms. The molecule has 4 amide bonds. The lowest BCUT2D eigenvalue weighted by atomic mass is 10.1. The Hall–Kier alpha value is -6.16. The van der Waals surface area contributed by atoms with Gasteiger partial charge in [-0.15, -0.1) is 0 Å². The molecule has 2 aliphatic rings. The van der Waals surface area contributed by atoms with Crippen LogP contribution in [-0.2, 0) is 32.0 Å². The van der Waals surface area contributed by atoms with Crippen LogP contribution in [0, 0.1) is 0 Å². The summed E-state index contributed by atoms with van der Waals surface area (Å²) >= 11 is 0. The highest BCUT2D eigenvalue weighted by Crippen LogP contribution is 2.19. The van der Waals surface area contributed by atoms with E-state index >= 15 is 0 Å². The van der Waals surface area contributed by atoms with E-state index in [1.807, 2.05) is 85.0 Å². The molecule has 4 heterocycles. The lowest BCUT2D eigenvalue weighted by Gasteiger charge is -2.24.